The van der Waals surface area contributed by atoms with Crippen LogP contribution in [0.4, 0.5) is 4.79 Å². The van der Waals surface area contributed by atoms with Crippen LogP contribution in [0, 0.1) is 0 Å². The molecule has 2 aliphatic rings. The number of hydrogen-bond donors (Lipinski definition) is 1. The van der Waals surface area contributed by atoms with E-state index in [0.717, 1.165) is 32.4 Å². The fourth-order valence-corrected chi connectivity index (χ4v) is 5.95. The molecule has 0 spiro atoms. The summed E-state index contributed by atoms with van der Waals surface area (Å²) in [7, 11) is -3.55. The van der Waals surface area contributed by atoms with E-state index >= 15 is 0 Å². The number of piperazine rings is 1. The van der Waals surface area contributed by atoms with Crippen LogP contribution < -0.4 is 5.32 Å². The second-order valence-electron chi connectivity index (χ2n) is 10.0. The van der Waals surface area contributed by atoms with Crippen molar-refractivity contribution in [1.82, 2.24) is 19.4 Å². The van der Waals surface area contributed by atoms with Gasteiger partial charge >= 0.3 is 6.09 Å². The van der Waals surface area contributed by atoms with Gasteiger partial charge in [-0.15, -0.1) is 0 Å². The molecule has 2 heterocycles. The molecular formula is C24H38N4O5S. The number of amides is 2. The first-order valence-electron chi connectivity index (χ1n) is 12.1. The van der Waals surface area contributed by atoms with E-state index in [9.17, 15) is 18.0 Å². The van der Waals surface area contributed by atoms with Gasteiger partial charge in [0.2, 0.25) is 10.0 Å². The molecule has 1 unspecified atom stereocenters. The highest BCUT2D eigenvalue weighted by molar-refractivity contribution is 7.89. The maximum atomic E-state index is 12.9. The van der Waals surface area contributed by atoms with Crippen molar-refractivity contribution in [3.8, 4) is 0 Å². The van der Waals surface area contributed by atoms with Crippen molar-refractivity contribution >= 4 is 22.0 Å². The van der Waals surface area contributed by atoms with Crippen molar-refractivity contribution in [2.45, 2.75) is 63.5 Å². The summed E-state index contributed by atoms with van der Waals surface area (Å²) in [6, 6.07) is 6.16. The Balaban J connectivity index is 1.44. The van der Waals surface area contributed by atoms with Crippen LogP contribution in [0.3, 0.4) is 0 Å². The maximum absolute atomic E-state index is 12.9. The van der Waals surface area contributed by atoms with E-state index in [1.54, 1.807) is 21.3 Å². The van der Waals surface area contributed by atoms with Crippen molar-refractivity contribution in [2.24, 2.45) is 0 Å². The van der Waals surface area contributed by atoms with Crippen LogP contribution in [-0.4, -0.2) is 92.0 Å². The molecule has 0 radical (unpaired) electrons. The zero-order valence-corrected chi connectivity index (χ0v) is 21.6. The number of benzene rings is 1. The molecule has 9 nitrogen and oxygen atoms in total. The number of ether oxygens (including phenoxy) is 1. The zero-order chi connectivity index (χ0) is 24.9. The minimum absolute atomic E-state index is 0.00673. The van der Waals surface area contributed by atoms with Crippen LogP contribution >= 0.6 is 0 Å². The molecule has 2 fully saturated rings. The highest BCUT2D eigenvalue weighted by Crippen LogP contribution is 2.25. The summed E-state index contributed by atoms with van der Waals surface area (Å²) >= 11 is 0. The maximum Gasteiger partial charge on any atom is 0.410 e. The van der Waals surface area contributed by atoms with E-state index in [1.165, 1.54) is 12.1 Å². The summed E-state index contributed by atoms with van der Waals surface area (Å²) in [4.78, 5) is 28.8. The predicted octanol–water partition coefficient (Wildman–Crippen LogP) is 2.53. The van der Waals surface area contributed by atoms with Gasteiger partial charge in [0.1, 0.15) is 5.60 Å². The average Bonchev–Trinajstić information content (AvgIpc) is 2.78. The third kappa shape index (κ3) is 6.93. The van der Waals surface area contributed by atoms with E-state index in [1.807, 2.05) is 27.7 Å². The first-order valence-corrected chi connectivity index (χ1v) is 13.5. The highest BCUT2D eigenvalue weighted by Gasteiger charge is 2.31. The fraction of sp³-hybridized carbons (Fsp3) is 0.667. The van der Waals surface area contributed by atoms with Crippen molar-refractivity contribution in [1.29, 1.82) is 0 Å². The number of carbonyl (C=O) groups excluding carboxylic acids is 2. The molecule has 190 valence electrons. The van der Waals surface area contributed by atoms with E-state index in [4.69, 9.17) is 4.74 Å². The lowest BCUT2D eigenvalue weighted by Gasteiger charge is -2.35. The summed E-state index contributed by atoms with van der Waals surface area (Å²) < 4.78 is 32.9. The number of rotatable bonds is 6. The Morgan fingerprint density at radius 2 is 1.68 bits per heavy atom. The second kappa shape index (κ2) is 11.0. The summed E-state index contributed by atoms with van der Waals surface area (Å²) in [5.41, 5.74) is -0.0762. The third-order valence-electron chi connectivity index (χ3n) is 6.20. The summed E-state index contributed by atoms with van der Waals surface area (Å²) in [5.74, 6) is -0.234. The first kappa shape index (κ1) is 26.4. The Morgan fingerprint density at radius 1 is 1.03 bits per heavy atom. The molecule has 1 aromatic rings. The van der Waals surface area contributed by atoms with Crippen molar-refractivity contribution < 1.29 is 22.7 Å². The third-order valence-corrected chi connectivity index (χ3v) is 8.23. The lowest BCUT2D eigenvalue weighted by molar-refractivity contribution is 0.0147. The largest absolute Gasteiger partial charge is 0.444 e. The van der Waals surface area contributed by atoms with Crippen LogP contribution in [0.1, 0.15) is 57.3 Å². The Kier molecular flexibility index (Phi) is 8.59. The zero-order valence-electron chi connectivity index (χ0n) is 20.7. The molecule has 0 saturated carbocycles. The number of nitrogens with one attached hydrogen (secondary N) is 1. The minimum atomic E-state index is -3.55. The number of carbonyl (C=O) groups is 2. The molecule has 0 aliphatic carbocycles. The van der Waals surface area contributed by atoms with E-state index in [2.05, 4.69) is 10.2 Å². The quantitative estimate of drug-likeness (QED) is 0.653. The molecule has 2 aliphatic heterocycles. The Hall–Kier alpha value is -2.17. The number of sulfonamides is 1. The van der Waals surface area contributed by atoms with Gasteiger partial charge in [-0.05, 0) is 64.8 Å². The standard InChI is InChI=1S/C24H38N4O5S/c1-19-7-5-6-13-28(19)34(31,32)21-10-8-20(9-11-21)22(29)25-12-14-26-15-17-27(18-16-26)23(30)33-24(2,3)4/h8-11,19H,5-7,12-18H2,1-4H3,(H,25,29). The molecule has 0 aromatic heterocycles. The molecular weight excluding hydrogens is 456 g/mol. The van der Waals surface area contributed by atoms with Gasteiger partial charge in [-0.1, -0.05) is 6.42 Å². The summed E-state index contributed by atoms with van der Waals surface area (Å²) in [6.45, 7) is 11.8. The topological polar surface area (TPSA) is 99.3 Å². The van der Waals surface area contributed by atoms with Crippen LogP contribution in [0.5, 0.6) is 0 Å². The monoisotopic (exact) mass is 494 g/mol. The molecule has 1 atom stereocenters. The summed E-state index contributed by atoms with van der Waals surface area (Å²) in [6.07, 6.45) is 2.50. The normalized spacial score (nSPS) is 20.7. The smallest absolute Gasteiger partial charge is 0.410 e. The molecule has 0 bridgehead atoms. The fourth-order valence-electron chi connectivity index (χ4n) is 4.25. The molecule has 1 N–H and O–H groups in total. The van der Waals surface area contributed by atoms with Gasteiger partial charge in [-0.2, -0.15) is 4.31 Å². The van der Waals surface area contributed by atoms with Gasteiger partial charge in [-0.25, -0.2) is 13.2 Å². The van der Waals surface area contributed by atoms with Crippen molar-refractivity contribution in [2.75, 3.05) is 45.8 Å². The van der Waals surface area contributed by atoms with Crippen LogP contribution in [0.2, 0.25) is 0 Å². The average molecular weight is 495 g/mol. The Labute approximate surface area is 203 Å². The SMILES string of the molecule is CC1CCCCN1S(=O)(=O)c1ccc(C(=O)NCCN2CCN(C(=O)OC(C)(C)C)CC2)cc1. The van der Waals surface area contributed by atoms with Crippen molar-refractivity contribution in [3.63, 3.8) is 0 Å². The summed E-state index contributed by atoms with van der Waals surface area (Å²) in [5, 5.41) is 2.89. The van der Waals surface area contributed by atoms with Gasteiger partial charge in [0.05, 0.1) is 4.90 Å². The minimum Gasteiger partial charge on any atom is -0.444 e. The molecule has 10 heteroatoms. The Morgan fingerprint density at radius 3 is 2.26 bits per heavy atom. The van der Waals surface area contributed by atoms with Gasteiger partial charge in [-0.3, -0.25) is 9.69 Å². The number of nitrogens with zero attached hydrogens (tertiary/aromatic N) is 3. The van der Waals surface area contributed by atoms with E-state index in [0.29, 0.717) is 38.3 Å². The van der Waals surface area contributed by atoms with E-state index < -0.39 is 15.6 Å². The predicted molar refractivity (Wildman–Crippen MR) is 130 cm³/mol. The lowest BCUT2D eigenvalue weighted by atomic mass is 10.1. The van der Waals surface area contributed by atoms with Gasteiger partial charge < -0.3 is 15.0 Å². The molecule has 3 rings (SSSR count). The van der Waals surface area contributed by atoms with Gasteiger partial charge in [0, 0.05) is 57.4 Å². The van der Waals surface area contributed by atoms with Gasteiger partial charge in [0.25, 0.3) is 5.91 Å². The first-order chi connectivity index (χ1) is 16.0. The number of hydrogen-bond acceptors (Lipinski definition) is 6. The molecule has 1 aromatic carbocycles. The lowest BCUT2D eigenvalue weighted by Crippen LogP contribution is -2.51. The van der Waals surface area contributed by atoms with Crippen LogP contribution in [0.25, 0.3) is 0 Å². The molecule has 34 heavy (non-hydrogen) atoms. The molecule has 2 saturated heterocycles. The van der Waals surface area contributed by atoms with E-state index in [-0.39, 0.29) is 22.9 Å². The van der Waals surface area contributed by atoms with Gasteiger partial charge in [0.15, 0.2) is 0 Å². The molecule has 2 amide bonds. The number of piperidine rings is 1. The highest BCUT2D eigenvalue weighted by atomic mass is 32.2. The second-order valence-corrected chi connectivity index (χ2v) is 11.9. The Bertz CT molecular complexity index is 951. The van der Waals surface area contributed by atoms with Crippen LogP contribution in [0.15, 0.2) is 29.2 Å². The van der Waals surface area contributed by atoms with Crippen LogP contribution in [-0.2, 0) is 14.8 Å². The van der Waals surface area contributed by atoms with Crippen molar-refractivity contribution in [3.05, 3.63) is 29.8 Å².